The number of nitrogens with zero attached hydrogens (tertiary/aromatic N) is 6. The van der Waals surface area contributed by atoms with Crippen LogP contribution in [0.25, 0.3) is 11.3 Å². The zero-order valence-electron chi connectivity index (χ0n) is 21.5. The summed E-state index contributed by atoms with van der Waals surface area (Å²) in [5, 5.41) is 9.15. The van der Waals surface area contributed by atoms with E-state index >= 15 is 0 Å². The van der Waals surface area contributed by atoms with E-state index in [-0.39, 0.29) is 36.8 Å². The first-order valence-electron chi connectivity index (χ1n) is 12.7. The monoisotopic (exact) mass is 544 g/mol. The number of pyridine rings is 1. The molecule has 4 heterocycles. The molecule has 1 aromatic carbocycles. The summed E-state index contributed by atoms with van der Waals surface area (Å²) in [7, 11) is 0. The van der Waals surface area contributed by atoms with Gasteiger partial charge in [0.1, 0.15) is 17.5 Å². The van der Waals surface area contributed by atoms with Gasteiger partial charge in [-0.3, -0.25) is 0 Å². The van der Waals surface area contributed by atoms with Gasteiger partial charge in [0, 0.05) is 56.1 Å². The van der Waals surface area contributed by atoms with Crippen LogP contribution in [0.5, 0.6) is 0 Å². The zero-order chi connectivity index (χ0) is 27.9. The largest absolute Gasteiger partial charge is 0.478 e. The van der Waals surface area contributed by atoms with Gasteiger partial charge in [0.25, 0.3) is 0 Å². The molecule has 2 fully saturated rings. The van der Waals surface area contributed by atoms with Gasteiger partial charge in [-0.05, 0) is 57.0 Å². The SMILES string of the molecule is CC1CN(c2ncc(C(=O)O)cc2C(F)(F)F)CCN1c1cc(-c2ccc(F)cc2)nc(N2CCCC2C)n1. The Labute approximate surface area is 222 Å². The van der Waals surface area contributed by atoms with E-state index in [0.717, 1.165) is 31.1 Å². The average Bonchev–Trinajstić information content (AvgIpc) is 3.33. The number of aromatic carboxylic acids is 1. The van der Waals surface area contributed by atoms with Crippen LogP contribution in [-0.4, -0.2) is 64.3 Å². The van der Waals surface area contributed by atoms with Gasteiger partial charge in [-0.2, -0.15) is 18.2 Å². The van der Waals surface area contributed by atoms with E-state index in [0.29, 0.717) is 30.1 Å². The number of aromatic nitrogens is 3. The first-order valence-corrected chi connectivity index (χ1v) is 12.7. The molecular weight excluding hydrogens is 516 g/mol. The van der Waals surface area contributed by atoms with Crippen LogP contribution in [0, 0.1) is 5.82 Å². The summed E-state index contributed by atoms with van der Waals surface area (Å²) >= 11 is 0. The lowest BCUT2D eigenvalue weighted by Crippen LogP contribution is -2.53. The molecule has 0 radical (unpaired) electrons. The van der Waals surface area contributed by atoms with Gasteiger partial charge in [-0.1, -0.05) is 0 Å². The van der Waals surface area contributed by atoms with Gasteiger partial charge >= 0.3 is 12.1 Å². The fourth-order valence-corrected chi connectivity index (χ4v) is 5.22. The van der Waals surface area contributed by atoms with Gasteiger partial charge in [-0.25, -0.2) is 19.2 Å². The molecule has 5 rings (SSSR count). The van der Waals surface area contributed by atoms with Crippen molar-refractivity contribution >= 4 is 23.6 Å². The second-order valence-corrected chi connectivity index (χ2v) is 9.99. The van der Waals surface area contributed by atoms with Crippen LogP contribution >= 0.6 is 0 Å². The third kappa shape index (κ3) is 5.45. The average molecular weight is 545 g/mol. The Kier molecular flexibility index (Phi) is 7.04. The molecule has 39 heavy (non-hydrogen) atoms. The molecule has 0 aliphatic carbocycles. The second kappa shape index (κ2) is 10.3. The number of carboxylic acids is 1. The Morgan fingerprint density at radius 3 is 2.36 bits per heavy atom. The summed E-state index contributed by atoms with van der Waals surface area (Å²) in [6, 6.07) is 8.53. The molecule has 2 aromatic heterocycles. The Hall–Kier alpha value is -3.96. The number of benzene rings is 1. The minimum absolute atomic E-state index is 0.216. The van der Waals surface area contributed by atoms with E-state index in [1.165, 1.54) is 17.0 Å². The molecule has 12 heteroatoms. The second-order valence-electron chi connectivity index (χ2n) is 9.99. The Morgan fingerprint density at radius 2 is 1.74 bits per heavy atom. The minimum Gasteiger partial charge on any atom is -0.478 e. The molecule has 0 saturated carbocycles. The molecule has 0 bridgehead atoms. The zero-order valence-corrected chi connectivity index (χ0v) is 21.5. The fraction of sp³-hybridized carbons (Fsp3) is 0.407. The Morgan fingerprint density at radius 1 is 1.00 bits per heavy atom. The molecule has 3 aromatic rings. The lowest BCUT2D eigenvalue weighted by Gasteiger charge is -2.42. The molecule has 0 spiro atoms. The van der Waals surface area contributed by atoms with Crippen LogP contribution in [0.4, 0.5) is 35.1 Å². The molecule has 2 unspecified atom stereocenters. The van der Waals surface area contributed by atoms with Crippen molar-refractivity contribution in [2.75, 3.05) is 40.9 Å². The number of carbonyl (C=O) groups is 1. The molecule has 2 atom stereocenters. The van der Waals surface area contributed by atoms with E-state index in [1.54, 1.807) is 12.1 Å². The summed E-state index contributed by atoms with van der Waals surface area (Å²) in [6.07, 6.45) is -1.77. The van der Waals surface area contributed by atoms with Crippen LogP contribution in [-0.2, 0) is 6.18 Å². The van der Waals surface area contributed by atoms with Gasteiger partial charge in [0.15, 0.2) is 0 Å². The molecule has 2 aliphatic heterocycles. The standard InChI is InChI=1S/C27H28F4N6O2/c1-16-4-3-9-37(16)26-33-22(18-5-7-20(28)8-6-18)13-23(34-26)36-11-10-35(15-17(36)2)24-21(27(29,30)31)12-19(14-32-24)25(38)39/h5-8,12-14,16-17H,3-4,9-11,15H2,1-2H3,(H,38,39). The predicted octanol–water partition coefficient (Wildman–Crippen LogP) is 5.10. The molecule has 2 saturated heterocycles. The third-order valence-corrected chi connectivity index (χ3v) is 7.29. The normalized spacial score (nSPS) is 20.0. The van der Waals surface area contributed by atoms with Crippen LogP contribution in [0.15, 0.2) is 42.6 Å². The van der Waals surface area contributed by atoms with E-state index in [9.17, 15) is 22.4 Å². The number of rotatable bonds is 5. The van der Waals surface area contributed by atoms with Gasteiger partial charge in [0.05, 0.1) is 16.8 Å². The molecule has 2 aliphatic rings. The number of carboxylic acid groups (broad SMARTS) is 1. The van der Waals surface area contributed by atoms with E-state index < -0.39 is 23.3 Å². The molecule has 8 nitrogen and oxygen atoms in total. The fourth-order valence-electron chi connectivity index (χ4n) is 5.22. The highest BCUT2D eigenvalue weighted by Crippen LogP contribution is 2.37. The summed E-state index contributed by atoms with van der Waals surface area (Å²) < 4.78 is 55.1. The van der Waals surface area contributed by atoms with Gasteiger partial charge in [0.2, 0.25) is 5.95 Å². The van der Waals surface area contributed by atoms with Crippen molar-refractivity contribution in [2.24, 2.45) is 0 Å². The number of piperazine rings is 1. The Bertz CT molecular complexity index is 1370. The van der Waals surface area contributed by atoms with Crippen molar-refractivity contribution in [3.8, 4) is 11.3 Å². The number of alkyl halides is 3. The number of anilines is 3. The summed E-state index contributed by atoms with van der Waals surface area (Å²) in [6.45, 7) is 5.61. The summed E-state index contributed by atoms with van der Waals surface area (Å²) in [5.41, 5.74) is -0.226. The van der Waals surface area contributed by atoms with E-state index in [2.05, 4.69) is 16.8 Å². The first-order chi connectivity index (χ1) is 18.5. The maximum absolute atomic E-state index is 13.8. The van der Waals surface area contributed by atoms with E-state index in [4.69, 9.17) is 15.1 Å². The van der Waals surface area contributed by atoms with Crippen molar-refractivity contribution < 1.29 is 27.5 Å². The van der Waals surface area contributed by atoms with Crippen LogP contribution < -0.4 is 14.7 Å². The first kappa shape index (κ1) is 26.6. The van der Waals surface area contributed by atoms with Gasteiger partial charge < -0.3 is 19.8 Å². The van der Waals surface area contributed by atoms with E-state index in [1.807, 2.05) is 17.9 Å². The predicted molar refractivity (Wildman–Crippen MR) is 139 cm³/mol. The van der Waals surface area contributed by atoms with Gasteiger partial charge in [-0.15, -0.1) is 0 Å². The topological polar surface area (TPSA) is 85.7 Å². The van der Waals surface area contributed by atoms with Crippen molar-refractivity contribution in [3.63, 3.8) is 0 Å². The van der Waals surface area contributed by atoms with Crippen molar-refractivity contribution in [1.82, 2.24) is 15.0 Å². The molecular formula is C27H28F4N6O2. The van der Waals surface area contributed by atoms with Crippen molar-refractivity contribution in [2.45, 2.75) is 44.9 Å². The van der Waals surface area contributed by atoms with Crippen LogP contribution in [0.3, 0.4) is 0 Å². The third-order valence-electron chi connectivity index (χ3n) is 7.29. The van der Waals surface area contributed by atoms with Crippen LogP contribution in [0.2, 0.25) is 0 Å². The van der Waals surface area contributed by atoms with Crippen LogP contribution in [0.1, 0.15) is 42.6 Å². The Balaban J connectivity index is 1.46. The maximum Gasteiger partial charge on any atom is 0.419 e. The molecule has 206 valence electrons. The summed E-state index contributed by atoms with van der Waals surface area (Å²) in [5.74, 6) is -0.913. The highest BCUT2D eigenvalue weighted by atomic mass is 19.4. The molecule has 1 N–H and O–H groups in total. The minimum atomic E-state index is -4.76. The highest BCUT2D eigenvalue weighted by molar-refractivity contribution is 5.88. The number of hydrogen-bond acceptors (Lipinski definition) is 7. The lowest BCUT2D eigenvalue weighted by atomic mass is 10.1. The number of hydrogen-bond donors (Lipinski definition) is 1. The smallest absolute Gasteiger partial charge is 0.419 e. The maximum atomic E-state index is 13.8. The number of halogens is 4. The van der Waals surface area contributed by atoms with Crippen molar-refractivity contribution in [3.05, 3.63) is 59.5 Å². The lowest BCUT2D eigenvalue weighted by molar-refractivity contribution is -0.137. The quantitative estimate of drug-likeness (QED) is 0.445. The summed E-state index contributed by atoms with van der Waals surface area (Å²) in [4.78, 5) is 30.5. The highest BCUT2D eigenvalue weighted by Gasteiger charge is 2.38. The molecule has 0 amide bonds. The van der Waals surface area contributed by atoms with Crippen molar-refractivity contribution in [1.29, 1.82) is 0 Å².